The minimum absolute atomic E-state index is 0.0139. The Morgan fingerprint density at radius 1 is 0.615 bits per heavy atom. The second-order valence-corrected chi connectivity index (χ2v) is 7.32. The molecular formula is C19H20N2O3S2. The third kappa shape index (κ3) is 8.22. The highest BCUT2D eigenvalue weighted by molar-refractivity contribution is 8.02. The fraction of sp³-hybridized carbons (Fsp3) is 0.211. The van der Waals surface area contributed by atoms with Crippen molar-refractivity contribution in [3.8, 4) is 0 Å². The second-order valence-electron chi connectivity index (χ2n) is 5.35. The van der Waals surface area contributed by atoms with Gasteiger partial charge < -0.3 is 10.6 Å². The Hall–Kier alpha value is -2.25. The summed E-state index contributed by atoms with van der Waals surface area (Å²) in [6.45, 7) is 0. The van der Waals surface area contributed by atoms with Gasteiger partial charge in [0.25, 0.3) is 0 Å². The molecule has 0 atom stereocenters. The molecule has 2 aromatic rings. The number of nitrogens with one attached hydrogen (secondary N) is 2. The van der Waals surface area contributed by atoms with E-state index in [1.165, 1.54) is 23.5 Å². The lowest BCUT2D eigenvalue weighted by molar-refractivity contribution is -0.114. The number of para-hydroxylation sites is 2. The first-order valence-electron chi connectivity index (χ1n) is 8.00. The average Bonchev–Trinajstić information content (AvgIpc) is 2.63. The maximum absolute atomic E-state index is 11.8. The normalized spacial score (nSPS) is 10.2. The molecule has 0 saturated carbocycles. The minimum Gasteiger partial charge on any atom is -0.325 e. The van der Waals surface area contributed by atoms with Gasteiger partial charge in [0.1, 0.15) is 0 Å². The zero-order chi connectivity index (χ0) is 18.6. The maximum atomic E-state index is 11.8. The van der Waals surface area contributed by atoms with Crippen LogP contribution in [-0.4, -0.2) is 40.6 Å². The third-order valence-corrected chi connectivity index (χ3v) is 5.09. The van der Waals surface area contributed by atoms with Gasteiger partial charge >= 0.3 is 0 Å². The molecule has 0 aliphatic carbocycles. The van der Waals surface area contributed by atoms with Crippen molar-refractivity contribution in [2.75, 3.05) is 33.6 Å². The fourth-order valence-electron chi connectivity index (χ4n) is 1.99. The van der Waals surface area contributed by atoms with Crippen LogP contribution in [0.4, 0.5) is 11.4 Å². The van der Waals surface area contributed by atoms with Crippen LogP contribution in [0, 0.1) is 0 Å². The molecule has 2 N–H and O–H groups in total. The van der Waals surface area contributed by atoms with Crippen molar-refractivity contribution in [1.29, 1.82) is 0 Å². The fourth-order valence-corrected chi connectivity index (χ4v) is 3.50. The highest BCUT2D eigenvalue weighted by Crippen LogP contribution is 2.10. The Bertz CT molecular complexity index is 663. The maximum Gasteiger partial charge on any atom is 0.234 e. The van der Waals surface area contributed by atoms with Gasteiger partial charge in [-0.05, 0) is 24.3 Å². The SMILES string of the molecule is O=C(CSCC(=O)Nc1ccccc1)CSCC(=O)Nc1ccccc1. The summed E-state index contributed by atoms with van der Waals surface area (Å²) < 4.78 is 0. The Morgan fingerprint density at radius 3 is 1.38 bits per heavy atom. The first-order valence-corrected chi connectivity index (χ1v) is 10.3. The molecule has 0 heterocycles. The number of hydrogen-bond acceptors (Lipinski definition) is 5. The highest BCUT2D eigenvalue weighted by atomic mass is 32.2. The van der Waals surface area contributed by atoms with E-state index in [2.05, 4.69) is 10.6 Å². The van der Waals surface area contributed by atoms with Gasteiger partial charge in [0.15, 0.2) is 5.78 Å². The van der Waals surface area contributed by atoms with Crippen LogP contribution in [0.15, 0.2) is 60.7 Å². The highest BCUT2D eigenvalue weighted by Gasteiger charge is 2.08. The summed E-state index contributed by atoms with van der Waals surface area (Å²) in [6, 6.07) is 18.4. The molecule has 0 aromatic heterocycles. The molecule has 0 aliphatic heterocycles. The van der Waals surface area contributed by atoms with Crippen LogP contribution in [0.3, 0.4) is 0 Å². The predicted molar refractivity (Wildman–Crippen MR) is 110 cm³/mol. The Morgan fingerprint density at radius 2 is 1.00 bits per heavy atom. The number of thioether (sulfide) groups is 2. The van der Waals surface area contributed by atoms with Crippen LogP contribution < -0.4 is 10.6 Å². The summed E-state index contributed by atoms with van der Waals surface area (Å²) in [7, 11) is 0. The van der Waals surface area contributed by atoms with Crippen LogP contribution in [0.25, 0.3) is 0 Å². The van der Waals surface area contributed by atoms with E-state index < -0.39 is 0 Å². The average molecular weight is 389 g/mol. The zero-order valence-electron chi connectivity index (χ0n) is 14.1. The monoisotopic (exact) mass is 388 g/mol. The van der Waals surface area contributed by atoms with E-state index in [0.717, 1.165) is 11.4 Å². The van der Waals surface area contributed by atoms with Gasteiger partial charge in [-0.2, -0.15) is 0 Å². The number of Topliss-reactive ketones (excluding diaryl/α,β-unsaturated/α-hetero) is 1. The summed E-state index contributed by atoms with van der Waals surface area (Å²) in [5.41, 5.74) is 1.48. The molecule has 2 aromatic carbocycles. The molecule has 2 rings (SSSR count). The van der Waals surface area contributed by atoms with Crippen molar-refractivity contribution in [1.82, 2.24) is 0 Å². The number of carbonyl (C=O) groups excluding carboxylic acids is 3. The van der Waals surface area contributed by atoms with Crippen LogP contribution in [0.1, 0.15) is 0 Å². The van der Waals surface area contributed by atoms with Gasteiger partial charge in [-0.3, -0.25) is 14.4 Å². The van der Waals surface area contributed by atoms with E-state index in [1.54, 1.807) is 0 Å². The standard InChI is InChI=1S/C19H20N2O3S2/c22-17(11-25-13-18(23)20-15-7-3-1-4-8-15)12-26-14-19(24)21-16-9-5-2-6-10-16/h1-10H,11-14H2,(H,20,23)(H,21,24). The molecule has 0 bridgehead atoms. The molecule has 26 heavy (non-hydrogen) atoms. The number of anilines is 2. The molecule has 136 valence electrons. The number of amides is 2. The van der Waals surface area contributed by atoms with Crippen molar-refractivity contribution >= 4 is 52.5 Å². The number of hydrogen-bond donors (Lipinski definition) is 2. The lowest BCUT2D eigenvalue weighted by Crippen LogP contribution is -2.17. The van der Waals surface area contributed by atoms with Crippen molar-refractivity contribution in [3.05, 3.63) is 60.7 Å². The van der Waals surface area contributed by atoms with Crippen LogP contribution in [0.5, 0.6) is 0 Å². The largest absolute Gasteiger partial charge is 0.325 e. The molecule has 2 amide bonds. The van der Waals surface area contributed by atoms with Gasteiger partial charge in [0, 0.05) is 11.4 Å². The van der Waals surface area contributed by atoms with Crippen molar-refractivity contribution in [3.63, 3.8) is 0 Å². The molecule has 0 radical (unpaired) electrons. The Balaban J connectivity index is 1.54. The van der Waals surface area contributed by atoms with E-state index in [0.29, 0.717) is 0 Å². The Kier molecular flexibility index (Phi) is 8.78. The quantitative estimate of drug-likeness (QED) is 0.653. The number of ketones is 1. The minimum atomic E-state index is -0.135. The first-order chi connectivity index (χ1) is 12.6. The van der Waals surface area contributed by atoms with Gasteiger partial charge in [-0.25, -0.2) is 0 Å². The topological polar surface area (TPSA) is 75.3 Å². The van der Waals surface area contributed by atoms with Gasteiger partial charge in [-0.1, -0.05) is 36.4 Å². The molecule has 0 fully saturated rings. The smallest absolute Gasteiger partial charge is 0.234 e. The predicted octanol–water partition coefficient (Wildman–Crippen LogP) is 3.30. The molecule has 0 saturated heterocycles. The number of benzene rings is 2. The van der Waals surface area contributed by atoms with Crippen LogP contribution >= 0.6 is 23.5 Å². The number of rotatable bonds is 10. The lowest BCUT2D eigenvalue weighted by Gasteiger charge is -2.05. The Labute approximate surface area is 161 Å². The summed E-state index contributed by atoms with van der Waals surface area (Å²) in [4.78, 5) is 35.4. The van der Waals surface area contributed by atoms with E-state index >= 15 is 0 Å². The second kappa shape index (κ2) is 11.4. The van der Waals surface area contributed by atoms with Crippen LogP contribution in [0.2, 0.25) is 0 Å². The first kappa shape index (κ1) is 20.1. The van der Waals surface area contributed by atoms with Crippen LogP contribution in [-0.2, 0) is 14.4 Å². The van der Waals surface area contributed by atoms with E-state index in [4.69, 9.17) is 0 Å². The zero-order valence-corrected chi connectivity index (χ0v) is 15.8. The third-order valence-electron chi connectivity index (χ3n) is 3.11. The van der Waals surface area contributed by atoms with E-state index in [-0.39, 0.29) is 40.6 Å². The number of carbonyl (C=O) groups is 3. The van der Waals surface area contributed by atoms with Crippen molar-refractivity contribution in [2.24, 2.45) is 0 Å². The van der Waals surface area contributed by atoms with Crippen molar-refractivity contribution < 1.29 is 14.4 Å². The summed E-state index contributed by atoms with van der Waals surface area (Å²) >= 11 is 2.55. The van der Waals surface area contributed by atoms with Gasteiger partial charge in [0.2, 0.25) is 11.8 Å². The molecule has 7 heteroatoms. The molecule has 5 nitrogen and oxygen atoms in total. The lowest BCUT2D eigenvalue weighted by atomic mass is 10.3. The van der Waals surface area contributed by atoms with E-state index in [9.17, 15) is 14.4 Å². The van der Waals surface area contributed by atoms with Gasteiger partial charge in [0.05, 0.1) is 23.0 Å². The molecule has 0 unspecified atom stereocenters. The summed E-state index contributed by atoms with van der Waals surface area (Å²) in [5.74, 6) is 0.706. The molecule has 0 aliphatic rings. The molecule has 0 spiro atoms. The van der Waals surface area contributed by atoms with Gasteiger partial charge in [-0.15, -0.1) is 23.5 Å². The van der Waals surface area contributed by atoms with E-state index in [1.807, 2.05) is 60.7 Å². The summed E-state index contributed by atoms with van der Waals surface area (Å²) in [6.07, 6.45) is 0. The molecular weight excluding hydrogens is 368 g/mol. The van der Waals surface area contributed by atoms with Crippen molar-refractivity contribution in [2.45, 2.75) is 0 Å². The summed E-state index contributed by atoms with van der Waals surface area (Å²) in [5, 5.41) is 5.54.